The zero-order valence-electron chi connectivity index (χ0n) is 10.3. The number of guanidine groups is 1. The van der Waals surface area contributed by atoms with Crippen molar-refractivity contribution in [3.05, 3.63) is 11.9 Å². The second-order valence-electron chi connectivity index (χ2n) is 3.74. The molecule has 18 heavy (non-hydrogen) atoms. The van der Waals surface area contributed by atoms with E-state index >= 15 is 0 Å². The van der Waals surface area contributed by atoms with Gasteiger partial charge in [-0.15, -0.1) is 0 Å². The number of anilines is 1. The Morgan fingerprint density at radius 2 is 2.33 bits per heavy atom. The van der Waals surface area contributed by atoms with Crippen LogP contribution in [-0.4, -0.2) is 34.6 Å². The number of nitrogens with two attached hydrogens (primary N) is 1. The van der Waals surface area contributed by atoms with Gasteiger partial charge in [0.2, 0.25) is 5.95 Å². The third-order valence-electron chi connectivity index (χ3n) is 2.26. The maximum Gasteiger partial charge on any atom is 0.207 e. The first-order chi connectivity index (χ1) is 8.61. The molecule has 0 aliphatic rings. The first-order valence-corrected chi connectivity index (χ1v) is 6.13. The Labute approximate surface area is 111 Å². The van der Waals surface area contributed by atoms with Crippen LogP contribution in [0.1, 0.15) is 18.5 Å². The van der Waals surface area contributed by atoms with E-state index in [2.05, 4.69) is 25.9 Å². The number of rotatable bonds is 6. The highest BCUT2D eigenvalue weighted by atomic mass is 32.1. The van der Waals surface area contributed by atoms with Crippen molar-refractivity contribution in [3.63, 3.8) is 0 Å². The first-order valence-electron chi connectivity index (χ1n) is 5.72. The van der Waals surface area contributed by atoms with Gasteiger partial charge in [-0.3, -0.25) is 10.7 Å². The van der Waals surface area contributed by atoms with Crippen LogP contribution in [0.3, 0.4) is 0 Å². The molecule has 8 heteroatoms. The third-order valence-corrected chi connectivity index (χ3v) is 2.60. The van der Waals surface area contributed by atoms with Crippen molar-refractivity contribution in [2.45, 2.75) is 19.3 Å². The SMILES string of the molecule is CNC(=S)NCCCCc1c[nH]c(NC(=N)N)n1. The average molecular weight is 269 g/mol. The average Bonchev–Trinajstić information content (AvgIpc) is 2.75. The lowest BCUT2D eigenvalue weighted by atomic mass is 10.2. The molecule has 1 aromatic rings. The van der Waals surface area contributed by atoms with Crippen LogP contribution in [0.15, 0.2) is 6.20 Å². The smallest absolute Gasteiger partial charge is 0.207 e. The molecular weight excluding hydrogens is 250 g/mol. The Hall–Kier alpha value is -1.83. The van der Waals surface area contributed by atoms with E-state index in [4.69, 9.17) is 23.4 Å². The number of nitrogens with one attached hydrogen (secondary N) is 5. The van der Waals surface area contributed by atoms with Crippen molar-refractivity contribution in [3.8, 4) is 0 Å². The molecule has 0 aliphatic carbocycles. The van der Waals surface area contributed by atoms with E-state index in [1.165, 1.54) is 0 Å². The first kappa shape index (κ1) is 14.2. The maximum atomic E-state index is 7.07. The fourth-order valence-electron chi connectivity index (χ4n) is 1.40. The number of aromatic amines is 1. The molecule has 0 radical (unpaired) electrons. The predicted molar refractivity (Wildman–Crippen MR) is 76.7 cm³/mol. The van der Waals surface area contributed by atoms with E-state index in [1.54, 1.807) is 7.05 Å². The quantitative estimate of drug-likeness (QED) is 0.189. The largest absolute Gasteiger partial charge is 0.370 e. The number of hydrogen-bond donors (Lipinski definition) is 6. The number of aromatic nitrogens is 2. The molecule has 7 N–H and O–H groups in total. The Kier molecular flexibility index (Phi) is 5.92. The maximum absolute atomic E-state index is 7.07. The van der Waals surface area contributed by atoms with Crippen molar-refractivity contribution in [1.29, 1.82) is 5.41 Å². The molecule has 1 aromatic heterocycles. The van der Waals surface area contributed by atoms with Gasteiger partial charge in [-0.05, 0) is 31.5 Å². The summed E-state index contributed by atoms with van der Waals surface area (Å²) in [6.45, 7) is 0.850. The van der Waals surface area contributed by atoms with Crippen LogP contribution in [0.25, 0.3) is 0 Å². The molecule has 0 amide bonds. The summed E-state index contributed by atoms with van der Waals surface area (Å²) in [5.41, 5.74) is 6.15. The van der Waals surface area contributed by atoms with E-state index < -0.39 is 0 Å². The number of thiocarbonyl (C=S) groups is 1. The zero-order chi connectivity index (χ0) is 13.4. The van der Waals surface area contributed by atoms with Gasteiger partial charge in [-0.1, -0.05) is 0 Å². The van der Waals surface area contributed by atoms with Crippen LogP contribution < -0.4 is 21.7 Å². The van der Waals surface area contributed by atoms with Gasteiger partial charge in [0.25, 0.3) is 0 Å². The second kappa shape index (κ2) is 7.49. The van der Waals surface area contributed by atoms with Crippen LogP contribution in [0, 0.1) is 5.41 Å². The van der Waals surface area contributed by atoms with Gasteiger partial charge < -0.3 is 21.4 Å². The van der Waals surface area contributed by atoms with Crippen LogP contribution in [0.4, 0.5) is 5.95 Å². The molecule has 0 saturated carbocycles. The molecule has 0 aromatic carbocycles. The van der Waals surface area contributed by atoms with Gasteiger partial charge in [0, 0.05) is 19.8 Å². The minimum atomic E-state index is -0.124. The van der Waals surface area contributed by atoms with E-state index in [0.717, 1.165) is 31.5 Å². The number of imidazole rings is 1. The molecule has 1 rings (SSSR count). The van der Waals surface area contributed by atoms with Crippen molar-refractivity contribution >= 4 is 29.2 Å². The number of H-pyrrole nitrogens is 1. The fraction of sp³-hybridized carbons (Fsp3) is 0.500. The fourth-order valence-corrected chi connectivity index (χ4v) is 1.50. The topological polar surface area (TPSA) is 115 Å². The third kappa shape index (κ3) is 5.48. The van der Waals surface area contributed by atoms with Gasteiger partial charge in [0.05, 0.1) is 5.69 Å². The molecule has 0 fully saturated rings. The molecular formula is C10H19N7S. The van der Waals surface area contributed by atoms with E-state index in [1.807, 2.05) is 6.20 Å². The molecule has 1 heterocycles. The highest BCUT2D eigenvalue weighted by Crippen LogP contribution is 2.05. The van der Waals surface area contributed by atoms with E-state index in [-0.39, 0.29) is 5.96 Å². The molecule has 0 spiro atoms. The second-order valence-corrected chi connectivity index (χ2v) is 4.15. The number of nitrogens with zero attached hydrogens (tertiary/aromatic N) is 1. The molecule has 7 nitrogen and oxygen atoms in total. The molecule has 0 saturated heterocycles. The van der Waals surface area contributed by atoms with Crippen molar-refractivity contribution in [2.75, 3.05) is 18.9 Å². The molecule has 0 unspecified atom stereocenters. The monoisotopic (exact) mass is 269 g/mol. The number of hydrogen-bond acceptors (Lipinski definition) is 3. The van der Waals surface area contributed by atoms with E-state index in [9.17, 15) is 0 Å². The summed E-state index contributed by atoms with van der Waals surface area (Å²) in [4.78, 5) is 7.17. The predicted octanol–water partition coefficient (Wildman–Crippen LogP) is 0.132. The summed E-state index contributed by atoms with van der Waals surface area (Å²) in [6.07, 6.45) is 4.73. The van der Waals surface area contributed by atoms with Gasteiger partial charge in [0.1, 0.15) is 0 Å². The summed E-state index contributed by atoms with van der Waals surface area (Å²) < 4.78 is 0. The highest BCUT2D eigenvalue weighted by molar-refractivity contribution is 7.80. The number of aryl methyl sites for hydroxylation is 1. The molecule has 0 aliphatic heterocycles. The van der Waals surface area contributed by atoms with Crippen molar-refractivity contribution in [2.24, 2.45) is 5.73 Å². The lowest BCUT2D eigenvalue weighted by Gasteiger charge is -2.05. The Morgan fingerprint density at radius 1 is 1.56 bits per heavy atom. The van der Waals surface area contributed by atoms with Gasteiger partial charge in [-0.2, -0.15) is 0 Å². The molecule has 0 atom stereocenters. The summed E-state index contributed by atoms with van der Waals surface area (Å²) in [5.74, 6) is 0.382. The zero-order valence-corrected chi connectivity index (χ0v) is 11.2. The normalized spacial score (nSPS) is 9.83. The number of unbranched alkanes of at least 4 members (excludes halogenated alkanes) is 1. The summed E-state index contributed by atoms with van der Waals surface area (Å²) in [6, 6.07) is 0. The van der Waals surface area contributed by atoms with Crippen molar-refractivity contribution in [1.82, 2.24) is 20.6 Å². The van der Waals surface area contributed by atoms with Crippen LogP contribution in [-0.2, 0) is 6.42 Å². The highest BCUT2D eigenvalue weighted by Gasteiger charge is 2.01. The van der Waals surface area contributed by atoms with Crippen LogP contribution in [0.2, 0.25) is 0 Å². The van der Waals surface area contributed by atoms with Crippen molar-refractivity contribution < 1.29 is 0 Å². The summed E-state index contributed by atoms with van der Waals surface area (Å²) in [7, 11) is 1.79. The van der Waals surface area contributed by atoms with Gasteiger partial charge in [0.15, 0.2) is 11.1 Å². The molecule has 0 bridgehead atoms. The lowest BCUT2D eigenvalue weighted by molar-refractivity contribution is 0.699. The molecule has 100 valence electrons. The Balaban J connectivity index is 2.17. The minimum absolute atomic E-state index is 0.124. The van der Waals surface area contributed by atoms with Crippen LogP contribution in [0.5, 0.6) is 0 Å². The van der Waals surface area contributed by atoms with Gasteiger partial charge >= 0.3 is 0 Å². The van der Waals surface area contributed by atoms with Gasteiger partial charge in [-0.25, -0.2) is 4.98 Å². The lowest BCUT2D eigenvalue weighted by Crippen LogP contribution is -2.32. The Bertz CT molecular complexity index is 401. The Morgan fingerprint density at radius 3 is 3.00 bits per heavy atom. The minimum Gasteiger partial charge on any atom is -0.370 e. The van der Waals surface area contributed by atoms with E-state index in [0.29, 0.717) is 11.1 Å². The standard InChI is InChI=1S/C10H19N7S/c1-13-10(18)14-5-3-2-4-7-6-15-9(16-7)17-8(11)12/h6H,2-5H2,1H3,(H2,13,14,18)(H5,11,12,15,16,17). The summed E-state index contributed by atoms with van der Waals surface area (Å²) in [5, 5.41) is 16.3. The van der Waals surface area contributed by atoms with Crippen LogP contribution >= 0.6 is 12.2 Å². The summed E-state index contributed by atoms with van der Waals surface area (Å²) >= 11 is 4.96.